The number of para-hydroxylation sites is 2. The standard InChI is InChI=1S/C18H24N4O/c1-13(2)16-9-6-12-22(16)18(23)19-11-5-10-17-20-14-7-3-4-8-15(14)21-17/h3-4,6-9,13,16H,5,10-12H2,1-2H3,(H,19,23)(H,20,21). The van der Waals surface area contributed by atoms with Gasteiger partial charge in [-0.15, -0.1) is 0 Å². The molecule has 0 fully saturated rings. The molecule has 5 heteroatoms. The van der Waals surface area contributed by atoms with Crippen molar-refractivity contribution in [2.45, 2.75) is 32.7 Å². The third-order valence-electron chi connectivity index (χ3n) is 4.24. The summed E-state index contributed by atoms with van der Waals surface area (Å²) in [5, 5.41) is 3.02. The van der Waals surface area contributed by atoms with Gasteiger partial charge in [0.2, 0.25) is 0 Å². The van der Waals surface area contributed by atoms with Gasteiger partial charge in [0.15, 0.2) is 0 Å². The topological polar surface area (TPSA) is 61.0 Å². The van der Waals surface area contributed by atoms with Crippen molar-refractivity contribution in [1.82, 2.24) is 20.2 Å². The van der Waals surface area contributed by atoms with Crippen molar-refractivity contribution in [2.75, 3.05) is 13.1 Å². The van der Waals surface area contributed by atoms with Crippen LogP contribution in [0.2, 0.25) is 0 Å². The SMILES string of the molecule is CC(C)C1C=CCN1C(=O)NCCCc1nc2ccccc2[nH]1. The zero-order valence-corrected chi connectivity index (χ0v) is 13.7. The second kappa shape index (κ2) is 6.86. The normalized spacial score (nSPS) is 17.3. The molecule has 1 aliphatic heterocycles. The summed E-state index contributed by atoms with van der Waals surface area (Å²) in [7, 11) is 0. The molecule has 0 radical (unpaired) electrons. The molecule has 1 aromatic heterocycles. The summed E-state index contributed by atoms with van der Waals surface area (Å²) in [6, 6.07) is 8.26. The van der Waals surface area contributed by atoms with E-state index in [0.29, 0.717) is 19.0 Å². The molecule has 0 spiro atoms. The van der Waals surface area contributed by atoms with Gasteiger partial charge in [0.1, 0.15) is 5.82 Å². The van der Waals surface area contributed by atoms with Crippen LogP contribution in [-0.4, -0.2) is 40.0 Å². The Morgan fingerprint density at radius 3 is 3.04 bits per heavy atom. The number of aromatic nitrogens is 2. The minimum absolute atomic E-state index is 0.0262. The number of hydrogen-bond acceptors (Lipinski definition) is 2. The molecule has 1 aromatic carbocycles. The predicted molar refractivity (Wildman–Crippen MR) is 92.3 cm³/mol. The zero-order chi connectivity index (χ0) is 16.2. The van der Waals surface area contributed by atoms with Gasteiger partial charge in [-0.1, -0.05) is 38.1 Å². The molecule has 5 nitrogen and oxygen atoms in total. The third-order valence-corrected chi connectivity index (χ3v) is 4.24. The number of rotatable bonds is 5. The average molecular weight is 312 g/mol. The van der Waals surface area contributed by atoms with Gasteiger partial charge < -0.3 is 15.2 Å². The molecule has 0 saturated carbocycles. The number of fused-ring (bicyclic) bond motifs is 1. The maximum Gasteiger partial charge on any atom is 0.318 e. The first-order chi connectivity index (χ1) is 11.1. The van der Waals surface area contributed by atoms with E-state index in [2.05, 4.69) is 41.3 Å². The molecule has 3 rings (SSSR count). The highest BCUT2D eigenvalue weighted by atomic mass is 16.2. The Morgan fingerprint density at radius 2 is 2.26 bits per heavy atom. The number of urea groups is 1. The first-order valence-corrected chi connectivity index (χ1v) is 8.30. The fourth-order valence-corrected chi connectivity index (χ4v) is 3.02. The second-order valence-corrected chi connectivity index (χ2v) is 6.35. The van der Waals surface area contributed by atoms with Gasteiger partial charge >= 0.3 is 6.03 Å². The van der Waals surface area contributed by atoms with Crippen LogP contribution in [0, 0.1) is 5.92 Å². The van der Waals surface area contributed by atoms with E-state index in [1.54, 1.807) is 0 Å². The van der Waals surface area contributed by atoms with Crippen molar-refractivity contribution >= 4 is 17.1 Å². The Kier molecular flexibility index (Phi) is 4.65. The van der Waals surface area contributed by atoms with E-state index in [0.717, 1.165) is 29.7 Å². The number of imidazole rings is 1. The number of nitrogens with one attached hydrogen (secondary N) is 2. The monoisotopic (exact) mass is 312 g/mol. The summed E-state index contributed by atoms with van der Waals surface area (Å²) in [6.07, 6.45) is 5.90. The first-order valence-electron chi connectivity index (χ1n) is 8.30. The summed E-state index contributed by atoms with van der Waals surface area (Å²) in [6.45, 7) is 5.65. The van der Waals surface area contributed by atoms with Gasteiger partial charge in [0.05, 0.1) is 17.1 Å². The van der Waals surface area contributed by atoms with Crippen molar-refractivity contribution < 1.29 is 4.79 Å². The number of aromatic amines is 1. The van der Waals surface area contributed by atoms with Crippen LogP contribution in [0.4, 0.5) is 4.79 Å². The molecule has 1 atom stereocenters. The van der Waals surface area contributed by atoms with E-state index in [4.69, 9.17) is 0 Å². The number of nitrogens with zero attached hydrogens (tertiary/aromatic N) is 2. The number of amides is 2. The minimum atomic E-state index is 0.0262. The predicted octanol–water partition coefficient (Wildman–Crippen LogP) is 3.10. The Balaban J connectivity index is 1.45. The Morgan fingerprint density at radius 1 is 1.43 bits per heavy atom. The molecule has 0 saturated heterocycles. The lowest BCUT2D eigenvalue weighted by molar-refractivity contribution is 0.185. The number of hydrogen-bond donors (Lipinski definition) is 2. The van der Waals surface area contributed by atoms with Gasteiger partial charge in [-0.05, 0) is 24.5 Å². The Labute approximate surface area is 136 Å². The highest BCUT2D eigenvalue weighted by Crippen LogP contribution is 2.17. The molecule has 2 amide bonds. The number of H-pyrrole nitrogens is 1. The molecule has 1 aliphatic rings. The number of aryl methyl sites for hydroxylation is 1. The minimum Gasteiger partial charge on any atom is -0.342 e. The maximum atomic E-state index is 12.3. The molecule has 2 heterocycles. The largest absolute Gasteiger partial charge is 0.342 e. The second-order valence-electron chi connectivity index (χ2n) is 6.35. The fourth-order valence-electron chi connectivity index (χ4n) is 3.02. The van der Waals surface area contributed by atoms with E-state index >= 15 is 0 Å². The molecule has 23 heavy (non-hydrogen) atoms. The highest BCUT2D eigenvalue weighted by molar-refractivity contribution is 5.76. The van der Waals surface area contributed by atoms with Crippen molar-refractivity contribution in [1.29, 1.82) is 0 Å². The first kappa shape index (κ1) is 15.6. The van der Waals surface area contributed by atoms with Crippen LogP contribution in [0.3, 0.4) is 0 Å². The van der Waals surface area contributed by atoms with Crippen LogP contribution in [0.15, 0.2) is 36.4 Å². The van der Waals surface area contributed by atoms with Crippen molar-refractivity contribution in [3.8, 4) is 0 Å². The van der Waals surface area contributed by atoms with Gasteiger partial charge in [-0.25, -0.2) is 9.78 Å². The summed E-state index contributed by atoms with van der Waals surface area (Å²) < 4.78 is 0. The number of benzene rings is 1. The lowest BCUT2D eigenvalue weighted by atomic mass is 10.1. The molecule has 1 unspecified atom stereocenters. The van der Waals surface area contributed by atoms with Crippen molar-refractivity contribution in [3.63, 3.8) is 0 Å². The molecular formula is C18H24N4O. The van der Waals surface area contributed by atoms with Crippen LogP contribution in [0.25, 0.3) is 11.0 Å². The summed E-state index contributed by atoms with van der Waals surface area (Å²) in [5.41, 5.74) is 2.06. The average Bonchev–Trinajstić information content (AvgIpc) is 3.17. The van der Waals surface area contributed by atoms with Gasteiger partial charge in [0, 0.05) is 19.5 Å². The molecule has 2 N–H and O–H groups in total. The van der Waals surface area contributed by atoms with Gasteiger partial charge in [-0.3, -0.25) is 0 Å². The molecule has 0 bridgehead atoms. The van der Waals surface area contributed by atoms with Crippen LogP contribution in [0.1, 0.15) is 26.1 Å². The fraction of sp³-hybridized carbons (Fsp3) is 0.444. The van der Waals surface area contributed by atoms with E-state index in [9.17, 15) is 4.79 Å². The molecular weight excluding hydrogens is 288 g/mol. The smallest absolute Gasteiger partial charge is 0.318 e. The molecule has 0 aliphatic carbocycles. The van der Waals surface area contributed by atoms with E-state index < -0.39 is 0 Å². The van der Waals surface area contributed by atoms with Crippen LogP contribution >= 0.6 is 0 Å². The quantitative estimate of drug-likeness (QED) is 0.658. The molecule has 122 valence electrons. The van der Waals surface area contributed by atoms with Crippen LogP contribution in [0.5, 0.6) is 0 Å². The van der Waals surface area contributed by atoms with E-state index in [1.165, 1.54) is 0 Å². The highest BCUT2D eigenvalue weighted by Gasteiger charge is 2.26. The summed E-state index contributed by atoms with van der Waals surface area (Å²) in [4.78, 5) is 22.0. The Hall–Kier alpha value is -2.30. The van der Waals surface area contributed by atoms with Crippen molar-refractivity contribution in [3.05, 3.63) is 42.2 Å². The number of carbonyl (C=O) groups is 1. The maximum absolute atomic E-state index is 12.3. The van der Waals surface area contributed by atoms with E-state index in [-0.39, 0.29) is 12.1 Å². The van der Waals surface area contributed by atoms with Crippen LogP contribution < -0.4 is 5.32 Å². The Bertz CT molecular complexity index is 671. The zero-order valence-electron chi connectivity index (χ0n) is 13.7. The summed E-state index contributed by atoms with van der Waals surface area (Å²) >= 11 is 0. The lowest BCUT2D eigenvalue weighted by Gasteiger charge is -2.27. The summed E-state index contributed by atoms with van der Waals surface area (Å²) in [5.74, 6) is 1.42. The third kappa shape index (κ3) is 3.55. The van der Waals surface area contributed by atoms with Crippen LogP contribution in [-0.2, 0) is 6.42 Å². The van der Waals surface area contributed by atoms with Gasteiger partial charge in [0.25, 0.3) is 0 Å². The van der Waals surface area contributed by atoms with Gasteiger partial charge in [-0.2, -0.15) is 0 Å². The van der Waals surface area contributed by atoms with Crippen molar-refractivity contribution in [2.24, 2.45) is 5.92 Å². The molecule has 2 aromatic rings. The lowest BCUT2D eigenvalue weighted by Crippen LogP contribution is -2.45. The number of carbonyl (C=O) groups excluding carboxylic acids is 1. The van der Waals surface area contributed by atoms with E-state index in [1.807, 2.05) is 29.2 Å².